The second-order valence-electron chi connectivity index (χ2n) is 7.98. The highest BCUT2D eigenvalue weighted by Gasteiger charge is 2.12. The smallest absolute Gasteiger partial charge is 0.335 e. The van der Waals surface area contributed by atoms with Gasteiger partial charge >= 0.3 is 5.97 Å². The molecule has 0 fully saturated rings. The van der Waals surface area contributed by atoms with E-state index >= 15 is 0 Å². The molecule has 0 aliphatic rings. The first-order chi connectivity index (χ1) is 16.4. The normalized spacial score (nSPS) is 10.9. The number of aromatic carboxylic acids is 1. The molecule has 0 unspecified atom stereocenters. The Labute approximate surface area is 193 Å². The van der Waals surface area contributed by atoms with Gasteiger partial charge < -0.3 is 20.9 Å². The third-order valence-electron chi connectivity index (χ3n) is 5.86. The molecule has 0 aliphatic heterocycles. The van der Waals surface area contributed by atoms with Crippen molar-refractivity contribution in [3.8, 4) is 5.75 Å². The van der Waals surface area contributed by atoms with Crippen molar-refractivity contribution in [2.24, 2.45) is 5.73 Å². The number of nitrogens with two attached hydrogens (primary N) is 1. The van der Waals surface area contributed by atoms with Crippen molar-refractivity contribution in [3.63, 3.8) is 0 Å². The second-order valence-corrected chi connectivity index (χ2v) is 7.98. The van der Waals surface area contributed by atoms with Crippen molar-refractivity contribution in [1.29, 1.82) is 0 Å². The lowest BCUT2D eigenvalue weighted by Crippen LogP contribution is -2.12. The van der Waals surface area contributed by atoms with Crippen molar-refractivity contribution >= 4 is 55.2 Å². The topological polar surface area (TPSA) is 116 Å². The first kappa shape index (κ1) is 21.0. The number of rotatable bonds is 2. The summed E-state index contributed by atoms with van der Waals surface area (Å²) in [5.41, 5.74) is 7.73. The third kappa shape index (κ3) is 3.67. The number of carboxylic acid groups (broad SMARTS) is 1. The van der Waals surface area contributed by atoms with Crippen molar-refractivity contribution in [2.75, 3.05) is 0 Å². The molecule has 0 spiro atoms. The molecule has 6 heteroatoms. The Hall–Kier alpha value is -4.84. The van der Waals surface area contributed by atoms with Gasteiger partial charge in [-0.2, -0.15) is 0 Å². The van der Waals surface area contributed by atoms with Crippen LogP contribution in [0.15, 0.2) is 91.0 Å². The number of primary amides is 1. The Bertz CT molecular complexity index is 1730. The van der Waals surface area contributed by atoms with E-state index < -0.39 is 11.9 Å². The van der Waals surface area contributed by atoms with Gasteiger partial charge in [0.05, 0.1) is 11.1 Å². The van der Waals surface area contributed by atoms with Gasteiger partial charge in [-0.3, -0.25) is 4.79 Å². The number of fused-ring (bicyclic) bond motifs is 6. The molecule has 6 nitrogen and oxygen atoms in total. The zero-order chi connectivity index (χ0) is 23.8. The van der Waals surface area contributed by atoms with Crippen LogP contribution in [0, 0.1) is 0 Å². The predicted molar refractivity (Wildman–Crippen MR) is 134 cm³/mol. The Morgan fingerprint density at radius 2 is 1.41 bits per heavy atom. The predicted octanol–water partition coefficient (Wildman–Crippen LogP) is 5.82. The summed E-state index contributed by atoms with van der Waals surface area (Å²) in [6, 6.07) is 27.8. The molecule has 6 aromatic rings. The SMILES string of the molecule is NC(=O)c1cc(C(=O)O)cc2ccccc12.Oc1ccc2ccc3c4ccccc4[nH]c3c2c1. The van der Waals surface area contributed by atoms with E-state index in [-0.39, 0.29) is 11.1 Å². The van der Waals surface area contributed by atoms with Gasteiger partial charge in [0.1, 0.15) is 5.75 Å². The van der Waals surface area contributed by atoms with Gasteiger partial charge in [-0.05, 0) is 46.5 Å². The maximum atomic E-state index is 11.2. The molecule has 1 aromatic heterocycles. The highest BCUT2D eigenvalue weighted by molar-refractivity contribution is 6.17. The zero-order valence-corrected chi connectivity index (χ0v) is 17.9. The van der Waals surface area contributed by atoms with E-state index in [0.29, 0.717) is 16.5 Å². The third-order valence-corrected chi connectivity index (χ3v) is 5.86. The average molecular weight is 448 g/mol. The van der Waals surface area contributed by atoms with E-state index in [1.165, 1.54) is 22.9 Å². The van der Waals surface area contributed by atoms with Crippen LogP contribution in [0.5, 0.6) is 5.75 Å². The molecule has 1 amide bonds. The molecule has 166 valence electrons. The minimum Gasteiger partial charge on any atom is -0.508 e. The van der Waals surface area contributed by atoms with Crippen molar-refractivity contribution < 1.29 is 19.8 Å². The molecule has 0 atom stereocenters. The average Bonchev–Trinajstić information content (AvgIpc) is 3.23. The summed E-state index contributed by atoms with van der Waals surface area (Å²) in [5, 5.41) is 24.5. The summed E-state index contributed by atoms with van der Waals surface area (Å²) in [6.45, 7) is 0. The largest absolute Gasteiger partial charge is 0.508 e. The number of phenols is 1. The maximum absolute atomic E-state index is 11.2. The number of benzene rings is 5. The summed E-state index contributed by atoms with van der Waals surface area (Å²) in [4.78, 5) is 25.5. The Morgan fingerprint density at radius 1 is 0.706 bits per heavy atom. The number of para-hydroxylation sites is 1. The van der Waals surface area contributed by atoms with Crippen molar-refractivity contribution in [2.45, 2.75) is 0 Å². The number of aromatic nitrogens is 1. The van der Waals surface area contributed by atoms with Gasteiger partial charge in [0.15, 0.2) is 0 Å². The van der Waals surface area contributed by atoms with Crippen LogP contribution in [-0.4, -0.2) is 27.1 Å². The van der Waals surface area contributed by atoms with Crippen LogP contribution in [0.25, 0.3) is 43.4 Å². The minimum atomic E-state index is -1.08. The zero-order valence-electron chi connectivity index (χ0n) is 17.9. The van der Waals surface area contributed by atoms with Crippen LogP contribution >= 0.6 is 0 Å². The fourth-order valence-corrected chi connectivity index (χ4v) is 4.27. The van der Waals surface area contributed by atoms with Gasteiger partial charge in [0.2, 0.25) is 5.91 Å². The van der Waals surface area contributed by atoms with Crippen LogP contribution in [-0.2, 0) is 0 Å². The summed E-state index contributed by atoms with van der Waals surface area (Å²) in [7, 11) is 0. The van der Waals surface area contributed by atoms with Gasteiger partial charge in [-0.1, -0.05) is 60.7 Å². The summed E-state index contributed by atoms with van der Waals surface area (Å²) >= 11 is 0. The second kappa shape index (κ2) is 8.26. The molecule has 1 heterocycles. The fraction of sp³-hybridized carbons (Fsp3) is 0. The molecule has 5 aromatic carbocycles. The van der Waals surface area contributed by atoms with Gasteiger partial charge in [-0.25, -0.2) is 4.79 Å². The van der Waals surface area contributed by atoms with E-state index in [9.17, 15) is 14.7 Å². The summed E-state index contributed by atoms with van der Waals surface area (Å²) < 4.78 is 0. The highest BCUT2D eigenvalue weighted by Crippen LogP contribution is 2.32. The number of hydrogen-bond acceptors (Lipinski definition) is 3. The number of carbonyl (C=O) groups is 2. The lowest BCUT2D eigenvalue weighted by molar-refractivity contribution is 0.0697. The molecule has 5 N–H and O–H groups in total. The van der Waals surface area contributed by atoms with Gasteiger partial charge in [0, 0.05) is 27.2 Å². The number of hydrogen-bond donors (Lipinski definition) is 4. The Balaban J connectivity index is 0.000000143. The quantitative estimate of drug-likeness (QED) is 0.267. The molecule has 0 radical (unpaired) electrons. The number of amides is 1. The molecule has 34 heavy (non-hydrogen) atoms. The first-order valence-electron chi connectivity index (χ1n) is 10.6. The number of H-pyrrole nitrogens is 1. The molecule has 0 aliphatic carbocycles. The summed E-state index contributed by atoms with van der Waals surface area (Å²) in [5.74, 6) is -1.40. The first-order valence-corrected chi connectivity index (χ1v) is 10.6. The minimum absolute atomic E-state index is 0.0625. The lowest BCUT2D eigenvalue weighted by Gasteiger charge is -2.04. The van der Waals surface area contributed by atoms with E-state index in [2.05, 4.69) is 29.2 Å². The molecule has 0 saturated heterocycles. The number of carboxylic acids is 1. The molecule has 0 saturated carbocycles. The van der Waals surface area contributed by atoms with Gasteiger partial charge in [0.25, 0.3) is 0 Å². The number of phenolic OH excluding ortho intramolecular Hbond substituents is 1. The molecule has 6 rings (SSSR count). The van der Waals surface area contributed by atoms with Crippen molar-refractivity contribution in [1.82, 2.24) is 4.98 Å². The van der Waals surface area contributed by atoms with E-state index in [1.807, 2.05) is 24.3 Å². The van der Waals surface area contributed by atoms with Crippen LogP contribution < -0.4 is 5.73 Å². The van der Waals surface area contributed by atoms with Crippen LogP contribution in [0.4, 0.5) is 0 Å². The maximum Gasteiger partial charge on any atom is 0.335 e. The fourth-order valence-electron chi connectivity index (χ4n) is 4.27. The number of aromatic hydroxyl groups is 1. The number of carbonyl (C=O) groups excluding carboxylic acids is 1. The van der Waals surface area contributed by atoms with Crippen LogP contribution in [0.3, 0.4) is 0 Å². The van der Waals surface area contributed by atoms with E-state index in [1.54, 1.807) is 30.3 Å². The van der Waals surface area contributed by atoms with Gasteiger partial charge in [-0.15, -0.1) is 0 Å². The molecule has 0 bridgehead atoms. The van der Waals surface area contributed by atoms with E-state index in [4.69, 9.17) is 10.8 Å². The van der Waals surface area contributed by atoms with E-state index in [0.717, 1.165) is 21.8 Å². The lowest BCUT2D eigenvalue weighted by atomic mass is 10.0. The number of aromatic amines is 1. The number of nitrogens with one attached hydrogen (secondary N) is 1. The standard InChI is InChI=1S/C16H11NO.C12H9NO3/c18-11-7-5-10-6-8-13-12-3-1-2-4-15(12)17-16(13)14(10)9-11;13-11(14)10-6-8(12(15)16)5-7-3-1-2-4-9(7)10/h1-9,17-18H;1-6H,(H2,13,14)(H,15,16). The Kier molecular flexibility index (Phi) is 5.11. The Morgan fingerprint density at radius 3 is 2.18 bits per heavy atom. The van der Waals surface area contributed by atoms with Crippen LogP contribution in [0.2, 0.25) is 0 Å². The molecular weight excluding hydrogens is 428 g/mol. The monoisotopic (exact) mass is 448 g/mol. The van der Waals surface area contributed by atoms with Crippen LogP contribution in [0.1, 0.15) is 20.7 Å². The summed E-state index contributed by atoms with van der Waals surface area (Å²) in [6.07, 6.45) is 0. The highest BCUT2D eigenvalue weighted by atomic mass is 16.4. The molecular formula is C28H20N2O4. The van der Waals surface area contributed by atoms with Crippen molar-refractivity contribution in [3.05, 3.63) is 102 Å².